The predicted molar refractivity (Wildman–Crippen MR) is 51.6 cm³/mol. The van der Waals surface area contributed by atoms with Gasteiger partial charge in [0.15, 0.2) is 0 Å². The third-order valence-corrected chi connectivity index (χ3v) is 2.15. The average molecular weight is 185 g/mol. The highest BCUT2D eigenvalue weighted by molar-refractivity contribution is 5.67. The van der Waals surface area contributed by atoms with Crippen molar-refractivity contribution in [3.8, 4) is 0 Å². The second-order valence-electron chi connectivity index (χ2n) is 4.02. The Labute approximate surface area is 80.1 Å². The van der Waals surface area contributed by atoms with E-state index < -0.39 is 0 Å². The molecule has 76 valence electrons. The maximum Gasteiger partial charge on any atom is 0.409 e. The predicted octanol–water partition coefficient (Wildman–Crippen LogP) is 2.26. The highest BCUT2D eigenvalue weighted by Crippen LogP contribution is 2.10. The van der Waals surface area contributed by atoms with Gasteiger partial charge in [0.25, 0.3) is 0 Å². The Kier molecular flexibility index (Phi) is 4.06. The van der Waals surface area contributed by atoms with E-state index in [9.17, 15) is 4.79 Å². The number of piperidine rings is 1. The fraction of sp³-hybridized carbons (Fsp3) is 0.900. The first-order valence-corrected chi connectivity index (χ1v) is 5.12. The molecule has 0 aromatic heterocycles. The Bertz CT molecular complexity index is 162. The van der Waals surface area contributed by atoms with E-state index in [2.05, 4.69) is 0 Å². The lowest BCUT2D eigenvalue weighted by Gasteiger charge is -2.26. The van der Waals surface area contributed by atoms with Crippen LogP contribution in [0.25, 0.3) is 0 Å². The molecule has 0 aromatic carbocycles. The highest BCUT2D eigenvalue weighted by Gasteiger charge is 2.17. The molecule has 1 amide bonds. The van der Waals surface area contributed by atoms with E-state index in [1.54, 1.807) is 0 Å². The van der Waals surface area contributed by atoms with Gasteiger partial charge in [-0.15, -0.1) is 0 Å². The molecule has 1 fully saturated rings. The van der Waals surface area contributed by atoms with E-state index in [1.807, 2.05) is 18.7 Å². The summed E-state index contributed by atoms with van der Waals surface area (Å²) in [4.78, 5) is 13.2. The second kappa shape index (κ2) is 5.10. The van der Waals surface area contributed by atoms with Gasteiger partial charge >= 0.3 is 6.09 Å². The van der Waals surface area contributed by atoms with Crippen LogP contribution in [-0.4, -0.2) is 30.7 Å². The zero-order valence-corrected chi connectivity index (χ0v) is 8.58. The molecule has 1 aliphatic heterocycles. The molecule has 1 saturated heterocycles. The molecule has 1 rings (SSSR count). The van der Waals surface area contributed by atoms with Crippen molar-refractivity contribution in [3.05, 3.63) is 0 Å². The molecule has 0 bridgehead atoms. The summed E-state index contributed by atoms with van der Waals surface area (Å²) >= 11 is 0. The molecule has 1 aliphatic rings. The van der Waals surface area contributed by atoms with Gasteiger partial charge in [-0.05, 0) is 25.2 Å². The van der Waals surface area contributed by atoms with Crippen LogP contribution in [0.1, 0.15) is 33.1 Å². The minimum absolute atomic E-state index is 0.131. The summed E-state index contributed by atoms with van der Waals surface area (Å²) in [6, 6.07) is 0. The lowest BCUT2D eigenvalue weighted by molar-refractivity contribution is 0.0857. The molecular weight excluding hydrogens is 166 g/mol. The van der Waals surface area contributed by atoms with Gasteiger partial charge in [0.1, 0.15) is 0 Å². The van der Waals surface area contributed by atoms with Gasteiger partial charge in [-0.2, -0.15) is 0 Å². The SMILES string of the molecule is CC(C)COC(=O)N1CCCCC1. The summed E-state index contributed by atoms with van der Waals surface area (Å²) in [5.74, 6) is 0.425. The lowest BCUT2D eigenvalue weighted by Crippen LogP contribution is -2.36. The molecule has 0 saturated carbocycles. The zero-order valence-electron chi connectivity index (χ0n) is 8.58. The summed E-state index contributed by atoms with van der Waals surface area (Å²) < 4.78 is 5.13. The van der Waals surface area contributed by atoms with Crippen LogP contribution in [-0.2, 0) is 4.74 Å². The van der Waals surface area contributed by atoms with Crippen molar-refractivity contribution in [3.63, 3.8) is 0 Å². The molecule has 0 aromatic rings. The maximum absolute atomic E-state index is 11.4. The summed E-state index contributed by atoms with van der Waals surface area (Å²) in [5.41, 5.74) is 0. The minimum atomic E-state index is -0.131. The Morgan fingerprint density at radius 1 is 1.31 bits per heavy atom. The summed E-state index contributed by atoms with van der Waals surface area (Å²) in [5, 5.41) is 0. The number of hydrogen-bond donors (Lipinski definition) is 0. The molecule has 0 atom stereocenters. The molecule has 0 aliphatic carbocycles. The Balaban J connectivity index is 2.21. The third-order valence-electron chi connectivity index (χ3n) is 2.15. The van der Waals surface area contributed by atoms with Gasteiger partial charge in [-0.3, -0.25) is 0 Å². The number of nitrogens with zero attached hydrogens (tertiary/aromatic N) is 1. The van der Waals surface area contributed by atoms with Gasteiger partial charge in [-0.1, -0.05) is 13.8 Å². The third kappa shape index (κ3) is 3.66. The summed E-state index contributed by atoms with van der Waals surface area (Å²) in [6.45, 7) is 6.37. The van der Waals surface area contributed by atoms with Gasteiger partial charge < -0.3 is 9.64 Å². The van der Waals surface area contributed by atoms with Crippen LogP contribution in [0.15, 0.2) is 0 Å². The normalized spacial score (nSPS) is 17.6. The first-order chi connectivity index (χ1) is 6.20. The van der Waals surface area contributed by atoms with E-state index >= 15 is 0 Å². The lowest BCUT2D eigenvalue weighted by atomic mass is 10.1. The quantitative estimate of drug-likeness (QED) is 0.660. The molecule has 0 unspecified atom stereocenters. The van der Waals surface area contributed by atoms with Crippen LogP contribution < -0.4 is 0 Å². The average Bonchev–Trinajstić information content (AvgIpc) is 2.15. The van der Waals surface area contributed by atoms with Crippen LogP contribution in [0.2, 0.25) is 0 Å². The van der Waals surface area contributed by atoms with Gasteiger partial charge in [0.05, 0.1) is 6.61 Å². The molecule has 0 spiro atoms. The van der Waals surface area contributed by atoms with E-state index in [0.29, 0.717) is 12.5 Å². The second-order valence-corrected chi connectivity index (χ2v) is 4.02. The molecule has 0 radical (unpaired) electrons. The first-order valence-electron chi connectivity index (χ1n) is 5.12. The zero-order chi connectivity index (χ0) is 9.68. The smallest absolute Gasteiger partial charge is 0.409 e. The van der Waals surface area contributed by atoms with Gasteiger partial charge in [-0.25, -0.2) is 4.79 Å². The van der Waals surface area contributed by atoms with Gasteiger partial charge in [0, 0.05) is 13.1 Å². The van der Waals surface area contributed by atoms with Crippen LogP contribution >= 0.6 is 0 Å². The van der Waals surface area contributed by atoms with E-state index in [1.165, 1.54) is 6.42 Å². The Morgan fingerprint density at radius 3 is 2.46 bits per heavy atom. The minimum Gasteiger partial charge on any atom is -0.449 e. The van der Waals surface area contributed by atoms with Crippen molar-refractivity contribution in [1.29, 1.82) is 0 Å². The van der Waals surface area contributed by atoms with Crippen LogP contribution in [0.5, 0.6) is 0 Å². The first kappa shape index (κ1) is 10.4. The monoisotopic (exact) mass is 185 g/mol. The molecule has 0 N–H and O–H groups in total. The number of ether oxygens (including phenoxy) is 1. The van der Waals surface area contributed by atoms with Gasteiger partial charge in [0.2, 0.25) is 0 Å². The fourth-order valence-electron chi connectivity index (χ4n) is 1.41. The number of rotatable bonds is 2. The van der Waals surface area contributed by atoms with Crippen LogP contribution in [0.4, 0.5) is 4.79 Å². The maximum atomic E-state index is 11.4. The fourth-order valence-corrected chi connectivity index (χ4v) is 1.41. The Morgan fingerprint density at radius 2 is 1.92 bits per heavy atom. The molecule has 13 heavy (non-hydrogen) atoms. The number of amides is 1. The van der Waals surface area contributed by atoms with E-state index in [0.717, 1.165) is 25.9 Å². The largest absolute Gasteiger partial charge is 0.449 e. The highest BCUT2D eigenvalue weighted by atomic mass is 16.6. The van der Waals surface area contributed by atoms with Crippen molar-refractivity contribution in [2.75, 3.05) is 19.7 Å². The standard InChI is InChI=1S/C10H19NO2/c1-9(2)8-13-10(12)11-6-4-3-5-7-11/h9H,3-8H2,1-2H3. The van der Waals surface area contributed by atoms with E-state index in [-0.39, 0.29) is 6.09 Å². The summed E-state index contributed by atoms with van der Waals surface area (Å²) in [7, 11) is 0. The molecule has 3 heteroatoms. The molecule has 1 heterocycles. The van der Waals surface area contributed by atoms with Crippen molar-refractivity contribution < 1.29 is 9.53 Å². The summed E-state index contributed by atoms with van der Waals surface area (Å²) in [6.07, 6.45) is 3.36. The number of hydrogen-bond acceptors (Lipinski definition) is 2. The molecular formula is C10H19NO2. The Hall–Kier alpha value is -0.730. The topological polar surface area (TPSA) is 29.5 Å². The van der Waals surface area contributed by atoms with Crippen molar-refractivity contribution in [2.24, 2.45) is 5.92 Å². The van der Waals surface area contributed by atoms with Crippen LogP contribution in [0, 0.1) is 5.92 Å². The van der Waals surface area contributed by atoms with Crippen molar-refractivity contribution >= 4 is 6.09 Å². The number of likely N-dealkylation sites (tertiary alicyclic amines) is 1. The van der Waals surface area contributed by atoms with E-state index in [4.69, 9.17) is 4.74 Å². The van der Waals surface area contributed by atoms with Crippen molar-refractivity contribution in [1.82, 2.24) is 4.90 Å². The molecule has 3 nitrogen and oxygen atoms in total. The van der Waals surface area contributed by atoms with Crippen molar-refractivity contribution in [2.45, 2.75) is 33.1 Å². The van der Waals surface area contributed by atoms with Crippen LogP contribution in [0.3, 0.4) is 0 Å². The number of carbonyl (C=O) groups excluding carboxylic acids is 1. The number of carbonyl (C=O) groups is 1.